The number of rotatable bonds is 6. The summed E-state index contributed by atoms with van der Waals surface area (Å²) >= 11 is 0. The molecule has 4 aliphatic rings. The van der Waals surface area contributed by atoms with Crippen molar-refractivity contribution < 1.29 is 42.8 Å². The van der Waals surface area contributed by atoms with Crippen LogP contribution in [0.4, 0.5) is 13.2 Å². The molecule has 1 spiro atoms. The van der Waals surface area contributed by atoms with Gasteiger partial charge in [0.25, 0.3) is 0 Å². The number of phenols is 1. The number of halogens is 3. The molecule has 8 nitrogen and oxygen atoms in total. The molecule has 11 heteroatoms. The van der Waals surface area contributed by atoms with Gasteiger partial charge in [0.15, 0.2) is 11.5 Å². The molecule has 218 valence electrons. The summed E-state index contributed by atoms with van der Waals surface area (Å²) < 4.78 is 48.2. The Labute approximate surface area is 234 Å². The molecule has 2 heterocycles. The molecular formula is C30H31F3N2O6. The summed E-state index contributed by atoms with van der Waals surface area (Å²) in [5.41, 5.74) is -0.849. The smallest absolute Gasteiger partial charge is 0.504 e. The lowest BCUT2D eigenvalue weighted by Crippen LogP contribution is -2.82. The van der Waals surface area contributed by atoms with Crippen LogP contribution in [-0.2, 0) is 16.6 Å². The number of ether oxygens (including phenoxy) is 2. The highest BCUT2D eigenvalue weighted by molar-refractivity contribution is 5.92. The Morgan fingerprint density at radius 1 is 1.32 bits per heavy atom. The predicted octanol–water partition coefficient (Wildman–Crippen LogP) is 3.14. The van der Waals surface area contributed by atoms with E-state index in [-0.39, 0.29) is 30.5 Å². The van der Waals surface area contributed by atoms with Crippen LogP contribution in [0.3, 0.4) is 0 Å². The van der Waals surface area contributed by atoms with Crippen LogP contribution in [0.5, 0.6) is 17.2 Å². The molecule has 3 N–H and O–H groups in total. The van der Waals surface area contributed by atoms with Crippen molar-refractivity contribution in [1.29, 1.82) is 0 Å². The van der Waals surface area contributed by atoms with Gasteiger partial charge in [-0.3, -0.25) is 9.69 Å². The van der Waals surface area contributed by atoms with Crippen LogP contribution < -0.4 is 9.47 Å². The average Bonchev–Trinajstić information content (AvgIpc) is 3.28. The molecule has 41 heavy (non-hydrogen) atoms. The second-order valence-corrected chi connectivity index (χ2v) is 11.3. The van der Waals surface area contributed by atoms with E-state index in [1.165, 1.54) is 35.3 Å². The minimum absolute atomic E-state index is 0.0948. The summed E-state index contributed by atoms with van der Waals surface area (Å²) in [6, 6.07) is 7.73. The molecule has 2 aromatic rings. The van der Waals surface area contributed by atoms with Crippen LogP contribution in [0.15, 0.2) is 55.1 Å². The topological polar surface area (TPSA) is 103 Å². The quantitative estimate of drug-likeness (QED) is 0.361. The number of phenolic OH excluding ortho intramolecular Hbond substituents is 1. The van der Waals surface area contributed by atoms with Gasteiger partial charge in [0.2, 0.25) is 5.91 Å². The first-order valence-electron chi connectivity index (χ1n) is 13.5. The van der Waals surface area contributed by atoms with E-state index in [0.29, 0.717) is 30.5 Å². The van der Waals surface area contributed by atoms with E-state index in [1.54, 1.807) is 31.3 Å². The van der Waals surface area contributed by atoms with Gasteiger partial charge in [0.05, 0.1) is 23.2 Å². The van der Waals surface area contributed by atoms with Crippen molar-refractivity contribution in [2.24, 2.45) is 0 Å². The van der Waals surface area contributed by atoms with Crippen LogP contribution in [0, 0.1) is 0 Å². The van der Waals surface area contributed by atoms with Gasteiger partial charge in [0, 0.05) is 37.8 Å². The average molecular weight is 573 g/mol. The van der Waals surface area contributed by atoms with Gasteiger partial charge in [-0.1, -0.05) is 24.3 Å². The Balaban J connectivity index is 1.34. The number of likely N-dealkylation sites (tertiary alicyclic amines) is 1. The maximum Gasteiger partial charge on any atom is 0.573 e. The maximum absolute atomic E-state index is 13.4. The Morgan fingerprint density at radius 3 is 2.83 bits per heavy atom. The third-order valence-corrected chi connectivity index (χ3v) is 9.27. The molecule has 0 radical (unpaired) electrons. The maximum atomic E-state index is 13.4. The Hall–Kier alpha value is -3.54. The van der Waals surface area contributed by atoms with Gasteiger partial charge in [-0.05, 0) is 54.7 Å². The zero-order chi connectivity index (χ0) is 29.3. The Kier molecular flexibility index (Phi) is 6.40. The van der Waals surface area contributed by atoms with Crippen LogP contribution in [-0.4, -0.2) is 87.4 Å². The number of nitrogens with zero attached hydrogens (tertiary/aromatic N) is 2. The molecule has 1 saturated carbocycles. The molecule has 1 saturated heterocycles. The number of benzene rings is 2. The van der Waals surface area contributed by atoms with E-state index in [1.807, 2.05) is 4.90 Å². The van der Waals surface area contributed by atoms with E-state index in [4.69, 9.17) is 4.74 Å². The van der Waals surface area contributed by atoms with E-state index >= 15 is 0 Å². The molecule has 2 aromatic carbocycles. The first kappa shape index (κ1) is 27.6. The number of piperidine rings is 1. The van der Waals surface area contributed by atoms with E-state index in [0.717, 1.165) is 5.56 Å². The van der Waals surface area contributed by atoms with Crippen molar-refractivity contribution in [1.82, 2.24) is 9.80 Å². The van der Waals surface area contributed by atoms with E-state index < -0.39 is 47.3 Å². The van der Waals surface area contributed by atoms with Gasteiger partial charge in [-0.25, -0.2) is 0 Å². The number of hydrogen-bond donors (Lipinski definition) is 3. The van der Waals surface area contributed by atoms with Gasteiger partial charge in [-0.2, -0.15) is 0 Å². The number of carbonyl (C=O) groups excluding carboxylic acids is 1. The van der Waals surface area contributed by atoms with Crippen LogP contribution in [0.2, 0.25) is 0 Å². The zero-order valence-corrected chi connectivity index (χ0v) is 22.3. The van der Waals surface area contributed by atoms with Gasteiger partial charge in [0.1, 0.15) is 11.9 Å². The molecule has 2 aliphatic heterocycles. The third-order valence-electron chi connectivity index (χ3n) is 9.27. The molecule has 2 aliphatic carbocycles. The van der Waals surface area contributed by atoms with E-state index in [2.05, 4.69) is 11.3 Å². The number of alkyl halides is 3. The summed E-state index contributed by atoms with van der Waals surface area (Å²) in [7, 11) is 1.59. The number of amides is 1. The highest BCUT2D eigenvalue weighted by Crippen LogP contribution is 2.65. The molecule has 6 rings (SSSR count). The van der Waals surface area contributed by atoms with Gasteiger partial charge >= 0.3 is 6.36 Å². The van der Waals surface area contributed by atoms with Crippen molar-refractivity contribution in [2.45, 2.75) is 60.9 Å². The Morgan fingerprint density at radius 2 is 2.10 bits per heavy atom. The second kappa shape index (κ2) is 9.50. The predicted molar refractivity (Wildman–Crippen MR) is 142 cm³/mol. The van der Waals surface area contributed by atoms with Crippen molar-refractivity contribution >= 4 is 12.0 Å². The third kappa shape index (κ3) is 4.04. The van der Waals surface area contributed by atoms with Crippen molar-refractivity contribution in [3.63, 3.8) is 0 Å². The molecule has 0 aromatic heterocycles. The number of aliphatic hydroxyl groups excluding tert-OH is 1. The van der Waals surface area contributed by atoms with Crippen LogP contribution in [0.25, 0.3) is 6.08 Å². The summed E-state index contributed by atoms with van der Waals surface area (Å²) in [5.74, 6) is -0.704. The fourth-order valence-electron chi connectivity index (χ4n) is 7.71. The van der Waals surface area contributed by atoms with Crippen LogP contribution in [0.1, 0.15) is 29.5 Å². The summed E-state index contributed by atoms with van der Waals surface area (Å²) in [6.45, 7) is 4.57. The Bertz CT molecular complexity index is 1430. The highest BCUT2D eigenvalue weighted by Gasteiger charge is 2.76. The molecule has 2 bridgehead atoms. The minimum Gasteiger partial charge on any atom is -0.504 e. The fraction of sp³-hybridized carbons (Fsp3) is 0.433. The molecule has 2 fully saturated rings. The number of likely N-dealkylation sites (N-methyl/N-ethyl adjacent to an activating group) is 1. The monoisotopic (exact) mass is 572 g/mol. The van der Waals surface area contributed by atoms with Gasteiger partial charge in [-0.15, -0.1) is 19.8 Å². The molecule has 6 atom stereocenters. The lowest BCUT2D eigenvalue weighted by Gasteiger charge is -2.66. The van der Waals surface area contributed by atoms with Crippen LogP contribution >= 0.6 is 0 Å². The lowest BCUT2D eigenvalue weighted by atomic mass is 9.47. The number of aliphatic hydroxyl groups is 2. The number of carbonyl (C=O) groups is 1. The number of aromatic hydroxyl groups is 1. The second-order valence-electron chi connectivity index (χ2n) is 11.3. The number of hydrogen-bond acceptors (Lipinski definition) is 7. The first-order chi connectivity index (χ1) is 19.4. The summed E-state index contributed by atoms with van der Waals surface area (Å²) in [6.07, 6.45) is -1.20. The fourth-order valence-corrected chi connectivity index (χ4v) is 7.71. The van der Waals surface area contributed by atoms with Gasteiger partial charge < -0.3 is 29.7 Å². The first-order valence-corrected chi connectivity index (χ1v) is 13.5. The molecule has 1 amide bonds. The standard InChI is InChI=1S/C30H31F3N2O6/c1-3-13-35-16-23(37)29-25-18-8-9-21(36)26(25)40-27(29)20(11-12-28(29,39)22(35)15-18)34(2)24(38)10-7-17-5-4-6-19(14-17)41-30(31,32)33/h3-10,14,20,22-23,27,36-37,39H,1,11-13,15-16H2,2H3/b10-7+/t20?,22-,23?,27?,28-,29+/m1/s1. The van der Waals surface area contributed by atoms with E-state index in [9.17, 15) is 33.3 Å². The highest BCUT2D eigenvalue weighted by atomic mass is 19.4. The minimum atomic E-state index is -4.83. The van der Waals surface area contributed by atoms with Crippen molar-refractivity contribution in [3.05, 3.63) is 71.8 Å². The SMILES string of the molecule is C=CCN1CC(O)[C@]23c4c5ccc(O)c4OC2C(N(C)C(=O)/C=C/c2cccc(OC(F)(F)F)c2)CC[C@@]3(O)[C@H]1C5. The largest absolute Gasteiger partial charge is 0.573 e. The molecular weight excluding hydrogens is 541 g/mol. The summed E-state index contributed by atoms with van der Waals surface area (Å²) in [5, 5.41) is 35.0. The summed E-state index contributed by atoms with van der Waals surface area (Å²) in [4.78, 5) is 16.9. The van der Waals surface area contributed by atoms with Crippen molar-refractivity contribution in [3.8, 4) is 17.2 Å². The zero-order valence-electron chi connectivity index (χ0n) is 22.3. The molecule has 3 unspecified atom stereocenters. The normalized spacial score (nSPS) is 31.9. The lowest BCUT2D eigenvalue weighted by molar-refractivity contribution is -0.274. The van der Waals surface area contributed by atoms with Crippen molar-refractivity contribution in [2.75, 3.05) is 20.1 Å². The number of β-amino-alcohol motifs (C(OH)–C–C–N with tert-alkyl or cyclic N) is 1.